The van der Waals surface area contributed by atoms with Crippen LogP contribution in [0.1, 0.15) is 55.7 Å². The third-order valence-corrected chi connectivity index (χ3v) is 8.03. The van der Waals surface area contributed by atoms with E-state index in [0.717, 1.165) is 5.69 Å². The van der Waals surface area contributed by atoms with Gasteiger partial charge in [0.1, 0.15) is 5.76 Å². The van der Waals surface area contributed by atoms with Gasteiger partial charge in [0.05, 0.1) is 29.8 Å². The van der Waals surface area contributed by atoms with Gasteiger partial charge in [0.25, 0.3) is 0 Å². The molecular formula is C29H29N3O8. The Balaban J connectivity index is 1.55. The summed E-state index contributed by atoms with van der Waals surface area (Å²) >= 11 is 0. The fourth-order valence-electron chi connectivity index (χ4n) is 5.84. The monoisotopic (exact) mass is 547 g/mol. The van der Waals surface area contributed by atoms with Crippen LogP contribution in [0.15, 0.2) is 54.7 Å². The van der Waals surface area contributed by atoms with Gasteiger partial charge >= 0.3 is 23.9 Å². The van der Waals surface area contributed by atoms with Gasteiger partial charge in [-0.1, -0.05) is 31.2 Å². The molecule has 2 aromatic heterocycles. The van der Waals surface area contributed by atoms with E-state index < -0.39 is 54.0 Å². The smallest absolute Gasteiger partial charge is 0.444 e. The number of fused-ring (bicyclic) bond motifs is 6. The molecule has 2 N–H and O–H groups in total. The first-order valence-corrected chi connectivity index (χ1v) is 13.1. The first-order valence-electron chi connectivity index (χ1n) is 13.1. The molecule has 4 atom stereocenters. The summed E-state index contributed by atoms with van der Waals surface area (Å²) in [4.78, 5) is 49.0. The molecular weight excluding hydrogens is 518 g/mol. The summed E-state index contributed by atoms with van der Waals surface area (Å²) in [7, 11) is 3.93. The second kappa shape index (κ2) is 9.17. The molecule has 0 radical (unpaired) electrons. The predicted molar refractivity (Wildman–Crippen MR) is 140 cm³/mol. The van der Waals surface area contributed by atoms with E-state index in [1.165, 1.54) is 0 Å². The minimum atomic E-state index is -2.48. The number of aliphatic hydroxyl groups is 1. The van der Waals surface area contributed by atoms with Gasteiger partial charge in [-0.15, -0.1) is 0 Å². The maximum absolute atomic E-state index is 13.1. The van der Waals surface area contributed by atoms with Crippen molar-refractivity contribution in [3.8, 4) is 0 Å². The van der Waals surface area contributed by atoms with E-state index in [9.17, 15) is 19.5 Å². The number of pyridine rings is 1. The van der Waals surface area contributed by atoms with Crippen LogP contribution in [0.3, 0.4) is 0 Å². The zero-order valence-electron chi connectivity index (χ0n) is 22.3. The molecule has 2 bridgehead atoms. The number of esters is 3. The second-order valence-corrected chi connectivity index (χ2v) is 10.6. The van der Waals surface area contributed by atoms with Crippen LogP contribution < -0.4 is 0 Å². The molecule has 3 aromatic rings. The van der Waals surface area contributed by atoms with E-state index in [1.807, 2.05) is 62.6 Å². The van der Waals surface area contributed by atoms with Crippen LogP contribution in [0.25, 0.3) is 16.7 Å². The van der Waals surface area contributed by atoms with Gasteiger partial charge in [0.15, 0.2) is 5.60 Å². The first kappa shape index (κ1) is 26.0. The number of nitrogens with one attached hydrogen (secondary N) is 1. The van der Waals surface area contributed by atoms with Gasteiger partial charge in [-0.05, 0) is 51.2 Å². The molecule has 0 aliphatic carbocycles. The Hall–Kier alpha value is -4.22. The molecule has 4 unspecified atom stereocenters. The molecule has 1 spiro atoms. The molecule has 0 amide bonds. The van der Waals surface area contributed by atoms with Crippen molar-refractivity contribution in [2.75, 3.05) is 14.1 Å². The summed E-state index contributed by atoms with van der Waals surface area (Å²) in [6.45, 7) is 2.06. The SMILES string of the molecule is CCC(C/C=C1\OC23OC(=O)CC(O)(CC(=O)OC2c2c1[nH]c1ccccc21)C(=O)O3)(c1ccccn1)N(C)C. The number of hydrogen-bond donors (Lipinski definition) is 2. The van der Waals surface area contributed by atoms with Gasteiger partial charge < -0.3 is 29.0 Å². The Morgan fingerprint density at radius 3 is 2.55 bits per heavy atom. The number of nitrogens with zero attached hydrogens (tertiary/aromatic N) is 2. The molecule has 11 heteroatoms. The van der Waals surface area contributed by atoms with Crippen molar-refractivity contribution in [1.29, 1.82) is 0 Å². The second-order valence-electron chi connectivity index (χ2n) is 10.6. The third kappa shape index (κ3) is 3.88. The highest BCUT2D eigenvalue weighted by atomic mass is 16.9. The minimum Gasteiger partial charge on any atom is -0.444 e. The summed E-state index contributed by atoms with van der Waals surface area (Å²) in [5, 5.41) is 11.5. The molecule has 0 saturated carbocycles. The van der Waals surface area contributed by atoms with E-state index in [4.69, 9.17) is 18.9 Å². The number of aromatic nitrogens is 2. The van der Waals surface area contributed by atoms with Crippen molar-refractivity contribution in [2.24, 2.45) is 0 Å². The van der Waals surface area contributed by atoms with Gasteiger partial charge in [-0.25, -0.2) is 4.79 Å². The number of hydrogen-bond acceptors (Lipinski definition) is 10. The average molecular weight is 548 g/mol. The Morgan fingerprint density at radius 1 is 1.07 bits per heavy atom. The van der Waals surface area contributed by atoms with Gasteiger partial charge in [0.2, 0.25) is 6.10 Å². The van der Waals surface area contributed by atoms with Crippen LogP contribution in [0.5, 0.6) is 0 Å². The molecule has 2 saturated heterocycles. The highest BCUT2D eigenvalue weighted by molar-refractivity contribution is 5.94. The average Bonchev–Trinajstić information content (AvgIpc) is 3.28. The zero-order chi connectivity index (χ0) is 28.3. The number of H-pyrrole nitrogens is 1. The molecule has 11 nitrogen and oxygen atoms in total. The van der Waals surface area contributed by atoms with Crippen LogP contribution in [-0.2, 0) is 38.9 Å². The molecule has 3 aliphatic rings. The Kier molecular flexibility index (Phi) is 5.97. The maximum Gasteiger partial charge on any atom is 0.466 e. The van der Waals surface area contributed by atoms with Crippen LogP contribution in [0.4, 0.5) is 0 Å². The fraction of sp³-hybridized carbons (Fsp3) is 0.379. The molecule has 5 heterocycles. The highest BCUT2D eigenvalue weighted by Crippen LogP contribution is 2.52. The molecule has 1 aromatic carbocycles. The Bertz CT molecular complexity index is 1550. The van der Waals surface area contributed by atoms with Crippen molar-refractivity contribution < 1.29 is 38.4 Å². The van der Waals surface area contributed by atoms with Gasteiger partial charge in [0, 0.05) is 22.7 Å². The van der Waals surface area contributed by atoms with Gasteiger partial charge in [-0.3, -0.25) is 19.5 Å². The number of para-hydroxylation sites is 1. The lowest BCUT2D eigenvalue weighted by Crippen LogP contribution is -2.54. The number of aromatic amines is 1. The lowest BCUT2D eigenvalue weighted by molar-refractivity contribution is -0.364. The van der Waals surface area contributed by atoms with Crippen molar-refractivity contribution >= 4 is 34.6 Å². The lowest BCUT2D eigenvalue weighted by atomic mass is 9.85. The molecule has 6 rings (SSSR count). The number of benzene rings is 1. The summed E-state index contributed by atoms with van der Waals surface area (Å²) < 4.78 is 23.2. The summed E-state index contributed by atoms with van der Waals surface area (Å²) in [5.74, 6) is -5.32. The van der Waals surface area contributed by atoms with Crippen molar-refractivity contribution in [3.05, 3.63) is 71.7 Å². The summed E-state index contributed by atoms with van der Waals surface area (Å²) in [5.41, 5.74) is -0.499. The molecule has 208 valence electrons. The number of carbonyl (C=O) groups is 3. The van der Waals surface area contributed by atoms with Crippen molar-refractivity contribution in [2.45, 2.75) is 55.8 Å². The highest BCUT2D eigenvalue weighted by Gasteiger charge is 2.65. The van der Waals surface area contributed by atoms with Crippen molar-refractivity contribution in [3.63, 3.8) is 0 Å². The number of carbonyl (C=O) groups excluding carboxylic acids is 3. The number of rotatable bonds is 5. The topological polar surface area (TPSA) is 140 Å². The van der Waals surface area contributed by atoms with Crippen LogP contribution in [-0.4, -0.2) is 63.6 Å². The normalized spacial score (nSPS) is 28.4. The standard InChI is InChI=1S/C29H29N3O8/c1-4-27(32(2)3,20-11-7-8-14-30-20)13-12-19-24-23(17-9-5-6-10-18(17)31-24)25-29(38-19)39-22(34)16-28(36,26(35)40-29)15-21(33)37-25/h5-12,14,25,31,36H,4,13,15-16H2,1-3H3/b19-12-. The zero-order valence-corrected chi connectivity index (χ0v) is 22.3. The minimum absolute atomic E-state index is 0.223. The predicted octanol–water partition coefficient (Wildman–Crippen LogP) is 3.05. The first-order chi connectivity index (χ1) is 19.1. The lowest BCUT2D eigenvalue weighted by Gasteiger charge is -2.42. The Labute approximate surface area is 229 Å². The fourth-order valence-corrected chi connectivity index (χ4v) is 5.84. The van der Waals surface area contributed by atoms with Crippen LogP contribution in [0, 0.1) is 0 Å². The number of ether oxygens (including phenoxy) is 4. The van der Waals surface area contributed by atoms with E-state index >= 15 is 0 Å². The Morgan fingerprint density at radius 2 is 1.82 bits per heavy atom. The van der Waals surface area contributed by atoms with E-state index in [1.54, 1.807) is 6.20 Å². The molecule has 3 aliphatic heterocycles. The maximum atomic E-state index is 13.1. The summed E-state index contributed by atoms with van der Waals surface area (Å²) in [6.07, 6.45) is 1.67. The van der Waals surface area contributed by atoms with E-state index in [2.05, 4.69) is 21.8 Å². The van der Waals surface area contributed by atoms with Crippen LogP contribution in [0.2, 0.25) is 0 Å². The van der Waals surface area contributed by atoms with Gasteiger partial charge in [-0.2, -0.15) is 0 Å². The van der Waals surface area contributed by atoms with Crippen LogP contribution >= 0.6 is 0 Å². The molecule has 40 heavy (non-hydrogen) atoms. The quantitative estimate of drug-likeness (QED) is 0.458. The van der Waals surface area contributed by atoms with Crippen molar-refractivity contribution in [1.82, 2.24) is 14.9 Å². The van der Waals surface area contributed by atoms with E-state index in [0.29, 0.717) is 35.0 Å². The van der Waals surface area contributed by atoms with E-state index in [-0.39, 0.29) is 5.76 Å². The molecule has 2 fully saturated rings. The summed E-state index contributed by atoms with van der Waals surface area (Å²) in [6, 6.07) is 13.0. The largest absolute Gasteiger partial charge is 0.466 e. The third-order valence-electron chi connectivity index (χ3n) is 8.03.